The number of nitrogen functional groups attached to an aromatic ring is 1. The van der Waals surface area contributed by atoms with Gasteiger partial charge < -0.3 is 10.5 Å². The third kappa shape index (κ3) is 2.94. The maximum Gasteiger partial charge on any atom is 0.146 e. The molecule has 3 rings (SSSR count). The average molecular weight is 336 g/mol. The highest BCUT2D eigenvalue weighted by Gasteiger charge is 2.12. The van der Waals surface area contributed by atoms with E-state index in [1.807, 2.05) is 30.5 Å². The van der Waals surface area contributed by atoms with E-state index in [4.69, 9.17) is 10.5 Å². The minimum absolute atomic E-state index is 0.424. The van der Waals surface area contributed by atoms with E-state index in [1.54, 1.807) is 35.7 Å². The predicted molar refractivity (Wildman–Crippen MR) is 96.5 cm³/mol. The number of nitriles is 1. The number of methoxy groups -OCH3 is 1. The fourth-order valence-electron chi connectivity index (χ4n) is 2.48. The Morgan fingerprint density at radius 2 is 1.92 bits per heavy atom. The molecule has 0 saturated heterocycles. The van der Waals surface area contributed by atoms with Crippen LogP contribution >= 0.6 is 11.8 Å². The van der Waals surface area contributed by atoms with Crippen molar-refractivity contribution in [2.75, 3.05) is 19.1 Å². The summed E-state index contributed by atoms with van der Waals surface area (Å²) in [6.45, 7) is 0. The topological polar surface area (TPSA) is 76.9 Å². The van der Waals surface area contributed by atoms with E-state index >= 15 is 0 Å². The molecule has 0 aliphatic carbocycles. The zero-order chi connectivity index (χ0) is 17.1. The zero-order valence-electron chi connectivity index (χ0n) is 13.4. The summed E-state index contributed by atoms with van der Waals surface area (Å²) in [4.78, 5) is 1.19. The molecule has 24 heavy (non-hydrogen) atoms. The normalized spacial score (nSPS) is 10.4. The molecule has 0 saturated carbocycles. The molecule has 120 valence electrons. The van der Waals surface area contributed by atoms with Crippen LogP contribution < -0.4 is 10.5 Å². The summed E-state index contributed by atoms with van der Waals surface area (Å²) in [5.41, 5.74) is 9.00. The lowest BCUT2D eigenvalue weighted by Gasteiger charge is -2.10. The number of hydrogen-bond acceptors (Lipinski definition) is 5. The standard InChI is InChI=1S/C18H16N4OS/c1-23-17-8-5-14(9-13(17)11-19)22-16(10-18(20)21-22)12-3-6-15(24-2)7-4-12/h3-10H,1-2H3,(H2,20,21). The first kappa shape index (κ1) is 16.0. The fraction of sp³-hybridized carbons (Fsp3) is 0.111. The van der Waals surface area contributed by atoms with Crippen LogP contribution in [-0.2, 0) is 0 Å². The summed E-state index contributed by atoms with van der Waals surface area (Å²) in [7, 11) is 1.54. The van der Waals surface area contributed by atoms with Crippen molar-refractivity contribution in [2.45, 2.75) is 4.90 Å². The van der Waals surface area contributed by atoms with Crippen molar-refractivity contribution in [2.24, 2.45) is 0 Å². The molecule has 0 bridgehead atoms. The molecule has 5 nitrogen and oxygen atoms in total. The van der Waals surface area contributed by atoms with Crippen molar-refractivity contribution in [1.82, 2.24) is 9.78 Å². The molecule has 0 aliphatic heterocycles. The lowest BCUT2D eigenvalue weighted by Crippen LogP contribution is -2.01. The molecule has 0 unspecified atom stereocenters. The van der Waals surface area contributed by atoms with Gasteiger partial charge in [-0.25, -0.2) is 4.68 Å². The van der Waals surface area contributed by atoms with Gasteiger partial charge in [-0.15, -0.1) is 11.8 Å². The summed E-state index contributed by atoms with van der Waals surface area (Å²) in [6, 6.07) is 17.5. The van der Waals surface area contributed by atoms with E-state index in [-0.39, 0.29) is 0 Å². The molecular weight excluding hydrogens is 320 g/mol. The van der Waals surface area contributed by atoms with Crippen LogP contribution in [0.1, 0.15) is 5.56 Å². The molecule has 0 spiro atoms. The Morgan fingerprint density at radius 3 is 2.54 bits per heavy atom. The molecule has 0 atom stereocenters. The van der Waals surface area contributed by atoms with Gasteiger partial charge in [0.2, 0.25) is 0 Å². The second-order valence-corrected chi connectivity index (χ2v) is 5.97. The number of thioether (sulfide) groups is 1. The Hall–Kier alpha value is -2.91. The molecule has 1 heterocycles. The summed E-state index contributed by atoms with van der Waals surface area (Å²) >= 11 is 1.69. The maximum atomic E-state index is 9.28. The van der Waals surface area contributed by atoms with E-state index in [2.05, 4.69) is 23.3 Å². The van der Waals surface area contributed by atoms with Crippen LogP contribution in [0, 0.1) is 11.3 Å². The van der Waals surface area contributed by atoms with Gasteiger partial charge in [0.25, 0.3) is 0 Å². The van der Waals surface area contributed by atoms with Gasteiger partial charge in [-0.1, -0.05) is 12.1 Å². The van der Waals surface area contributed by atoms with Crippen molar-refractivity contribution in [3.05, 3.63) is 54.1 Å². The molecule has 2 aromatic carbocycles. The van der Waals surface area contributed by atoms with Crippen LogP contribution in [0.2, 0.25) is 0 Å². The second-order valence-electron chi connectivity index (χ2n) is 5.09. The van der Waals surface area contributed by atoms with Gasteiger partial charge in [0.15, 0.2) is 0 Å². The van der Waals surface area contributed by atoms with E-state index in [1.165, 1.54) is 4.90 Å². The number of aromatic nitrogens is 2. The average Bonchev–Trinajstić information content (AvgIpc) is 3.03. The molecule has 6 heteroatoms. The quantitative estimate of drug-likeness (QED) is 0.735. The lowest BCUT2D eigenvalue weighted by molar-refractivity contribution is 0.413. The fourth-order valence-corrected chi connectivity index (χ4v) is 2.89. The number of benzene rings is 2. The first-order chi connectivity index (χ1) is 11.7. The Kier molecular flexibility index (Phi) is 4.45. The van der Waals surface area contributed by atoms with Crippen molar-refractivity contribution < 1.29 is 4.74 Å². The predicted octanol–water partition coefficient (Wildman–Crippen LogP) is 3.72. The highest BCUT2D eigenvalue weighted by Crippen LogP contribution is 2.29. The molecule has 0 amide bonds. The van der Waals surface area contributed by atoms with E-state index in [0.717, 1.165) is 16.9 Å². The number of ether oxygens (including phenoxy) is 1. The van der Waals surface area contributed by atoms with Gasteiger partial charge in [0.05, 0.1) is 24.1 Å². The van der Waals surface area contributed by atoms with Crippen molar-refractivity contribution in [3.63, 3.8) is 0 Å². The van der Waals surface area contributed by atoms with Gasteiger partial charge >= 0.3 is 0 Å². The van der Waals surface area contributed by atoms with Crippen LogP contribution in [0.3, 0.4) is 0 Å². The molecular formula is C18H16N4OS. The van der Waals surface area contributed by atoms with Gasteiger partial charge in [0, 0.05) is 16.5 Å². The zero-order valence-corrected chi connectivity index (χ0v) is 14.2. The summed E-state index contributed by atoms with van der Waals surface area (Å²) in [6.07, 6.45) is 2.04. The molecule has 3 aromatic rings. The Morgan fingerprint density at radius 1 is 1.17 bits per heavy atom. The van der Waals surface area contributed by atoms with Crippen LogP contribution in [0.4, 0.5) is 5.82 Å². The molecule has 0 fully saturated rings. The Labute approximate surface area is 144 Å². The Bertz CT molecular complexity index is 910. The lowest BCUT2D eigenvalue weighted by atomic mass is 10.1. The number of rotatable bonds is 4. The van der Waals surface area contributed by atoms with E-state index in [9.17, 15) is 5.26 Å². The van der Waals surface area contributed by atoms with Gasteiger partial charge in [-0.2, -0.15) is 10.4 Å². The summed E-state index contributed by atoms with van der Waals surface area (Å²) in [5.74, 6) is 0.959. The second kappa shape index (κ2) is 6.69. The van der Waals surface area contributed by atoms with E-state index < -0.39 is 0 Å². The number of hydrogen-bond donors (Lipinski definition) is 1. The Balaban J connectivity index is 2.11. The molecule has 2 N–H and O–H groups in total. The van der Waals surface area contributed by atoms with Gasteiger partial charge in [-0.05, 0) is 36.6 Å². The van der Waals surface area contributed by atoms with Gasteiger partial charge in [-0.3, -0.25) is 0 Å². The number of anilines is 1. The summed E-state index contributed by atoms with van der Waals surface area (Å²) in [5, 5.41) is 13.7. The van der Waals surface area contributed by atoms with Crippen LogP contribution in [0.25, 0.3) is 16.9 Å². The third-order valence-electron chi connectivity index (χ3n) is 3.66. The molecule has 0 aliphatic rings. The smallest absolute Gasteiger partial charge is 0.146 e. The number of nitrogens with two attached hydrogens (primary N) is 1. The first-order valence-corrected chi connectivity index (χ1v) is 8.47. The third-order valence-corrected chi connectivity index (χ3v) is 4.41. The highest BCUT2D eigenvalue weighted by molar-refractivity contribution is 7.98. The highest BCUT2D eigenvalue weighted by atomic mass is 32.2. The van der Waals surface area contributed by atoms with Crippen molar-refractivity contribution in [1.29, 1.82) is 5.26 Å². The largest absolute Gasteiger partial charge is 0.495 e. The van der Waals surface area contributed by atoms with Crippen LogP contribution in [0.5, 0.6) is 5.75 Å². The number of nitrogens with zero attached hydrogens (tertiary/aromatic N) is 3. The van der Waals surface area contributed by atoms with Crippen LogP contribution in [-0.4, -0.2) is 23.1 Å². The van der Waals surface area contributed by atoms with Crippen molar-refractivity contribution in [3.8, 4) is 28.8 Å². The van der Waals surface area contributed by atoms with E-state index in [0.29, 0.717) is 17.1 Å². The first-order valence-electron chi connectivity index (χ1n) is 7.24. The monoisotopic (exact) mass is 336 g/mol. The molecule has 0 radical (unpaired) electrons. The van der Waals surface area contributed by atoms with Crippen molar-refractivity contribution >= 4 is 17.6 Å². The minimum atomic E-state index is 0.424. The van der Waals surface area contributed by atoms with Gasteiger partial charge in [0.1, 0.15) is 17.6 Å². The SMILES string of the molecule is COc1ccc(-n2nc(N)cc2-c2ccc(SC)cc2)cc1C#N. The molecule has 1 aromatic heterocycles. The van der Waals surface area contributed by atoms with Crippen LogP contribution in [0.15, 0.2) is 53.4 Å². The summed E-state index contributed by atoms with van der Waals surface area (Å²) < 4.78 is 6.93. The minimum Gasteiger partial charge on any atom is -0.495 e. The maximum absolute atomic E-state index is 9.28.